The van der Waals surface area contributed by atoms with Crippen molar-refractivity contribution in [3.05, 3.63) is 35.9 Å². The molecule has 3 nitrogen and oxygen atoms in total. The van der Waals surface area contributed by atoms with Crippen molar-refractivity contribution in [1.82, 2.24) is 4.90 Å². The van der Waals surface area contributed by atoms with Gasteiger partial charge in [0.25, 0.3) is 5.91 Å². The van der Waals surface area contributed by atoms with E-state index in [1.807, 2.05) is 6.07 Å². The Balaban J connectivity index is 2.87. The molecule has 0 saturated carbocycles. The van der Waals surface area contributed by atoms with E-state index < -0.39 is 0 Å². The normalized spacial score (nSPS) is 9.73. The van der Waals surface area contributed by atoms with Gasteiger partial charge in [0.2, 0.25) is 5.91 Å². The molecule has 2 amide bonds. The van der Waals surface area contributed by atoms with Crippen LogP contribution >= 0.6 is 0 Å². The van der Waals surface area contributed by atoms with E-state index >= 15 is 0 Å². The van der Waals surface area contributed by atoms with Gasteiger partial charge in [0, 0.05) is 18.5 Å². The number of hydrogen-bond donors (Lipinski definition) is 0. The van der Waals surface area contributed by atoms with Gasteiger partial charge in [-0.2, -0.15) is 0 Å². The largest absolute Gasteiger partial charge is 0.279 e. The third-order valence-electron chi connectivity index (χ3n) is 2.19. The molecule has 0 aliphatic heterocycles. The molecule has 15 heavy (non-hydrogen) atoms. The van der Waals surface area contributed by atoms with Crippen molar-refractivity contribution in [2.24, 2.45) is 0 Å². The number of carbonyl (C=O) groups is 2. The van der Waals surface area contributed by atoms with Crippen LogP contribution in [0.2, 0.25) is 0 Å². The lowest BCUT2D eigenvalue weighted by Crippen LogP contribution is -2.36. The summed E-state index contributed by atoms with van der Waals surface area (Å²) in [5, 5.41) is 0. The van der Waals surface area contributed by atoms with Crippen molar-refractivity contribution in [2.45, 2.75) is 20.3 Å². The van der Waals surface area contributed by atoms with Crippen molar-refractivity contribution in [3.8, 4) is 0 Å². The summed E-state index contributed by atoms with van der Waals surface area (Å²) in [5.74, 6) is -0.351. The molecule has 0 atom stereocenters. The van der Waals surface area contributed by atoms with Gasteiger partial charge in [-0.15, -0.1) is 0 Å². The summed E-state index contributed by atoms with van der Waals surface area (Å²) in [6, 6.07) is 8.85. The van der Waals surface area contributed by atoms with Gasteiger partial charge in [-0.25, -0.2) is 0 Å². The van der Waals surface area contributed by atoms with E-state index in [1.165, 1.54) is 4.90 Å². The first-order chi connectivity index (χ1) is 7.20. The van der Waals surface area contributed by atoms with Crippen LogP contribution in [0, 0.1) is 0 Å². The Bertz CT molecular complexity index is 346. The Morgan fingerprint density at radius 1 is 1.13 bits per heavy atom. The fourth-order valence-electron chi connectivity index (χ4n) is 1.36. The molecule has 0 aromatic heterocycles. The molecule has 80 valence electrons. The van der Waals surface area contributed by atoms with E-state index in [2.05, 4.69) is 0 Å². The second-order valence-corrected chi connectivity index (χ2v) is 3.16. The van der Waals surface area contributed by atoms with Gasteiger partial charge in [-0.3, -0.25) is 14.5 Å². The molecule has 0 heterocycles. The summed E-state index contributed by atoms with van der Waals surface area (Å²) in [4.78, 5) is 24.6. The Hall–Kier alpha value is -1.64. The molecule has 0 N–H and O–H groups in total. The Kier molecular flexibility index (Phi) is 4.03. The summed E-state index contributed by atoms with van der Waals surface area (Å²) < 4.78 is 0. The monoisotopic (exact) mass is 205 g/mol. The van der Waals surface area contributed by atoms with Crippen LogP contribution in [0.5, 0.6) is 0 Å². The van der Waals surface area contributed by atoms with Gasteiger partial charge in [-0.05, 0) is 19.1 Å². The third-order valence-corrected chi connectivity index (χ3v) is 2.19. The Labute approximate surface area is 89.7 Å². The molecule has 3 heteroatoms. The SMILES string of the molecule is CCC(=O)N(CC)C(=O)c1ccccc1. The summed E-state index contributed by atoms with van der Waals surface area (Å²) >= 11 is 0. The molecule has 1 rings (SSSR count). The molecule has 0 aliphatic carbocycles. The lowest BCUT2D eigenvalue weighted by Gasteiger charge is -2.17. The molecule has 0 fully saturated rings. The van der Waals surface area contributed by atoms with Crippen molar-refractivity contribution in [1.29, 1.82) is 0 Å². The van der Waals surface area contributed by atoms with Crippen molar-refractivity contribution >= 4 is 11.8 Å². The molecule has 1 aromatic rings. The van der Waals surface area contributed by atoms with Crippen LogP contribution in [0.4, 0.5) is 0 Å². The average molecular weight is 205 g/mol. The van der Waals surface area contributed by atoms with E-state index in [4.69, 9.17) is 0 Å². The Morgan fingerprint density at radius 3 is 2.20 bits per heavy atom. The maximum Gasteiger partial charge on any atom is 0.260 e. The zero-order chi connectivity index (χ0) is 11.3. The number of carbonyl (C=O) groups excluding carboxylic acids is 2. The number of hydrogen-bond acceptors (Lipinski definition) is 2. The predicted octanol–water partition coefficient (Wildman–Crippen LogP) is 2.09. The van der Waals surface area contributed by atoms with E-state index in [0.717, 1.165) is 0 Å². The molecular formula is C12H15NO2. The highest BCUT2D eigenvalue weighted by molar-refractivity contribution is 6.04. The van der Waals surface area contributed by atoms with Crippen LogP contribution in [0.1, 0.15) is 30.6 Å². The zero-order valence-corrected chi connectivity index (χ0v) is 9.06. The summed E-state index contributed by atoms with van der Waals surface area (Å²) in [7, 11) is 0. The van der Waals surface area contributed by atoms with Gasteiger partial charge in [0.1, 0.15) is 0 Å². The smallest absolute Gasteiger partial charge is 0.260 e. The quantitative estimate of drug-likeness (QED) is 0.757. The first-order valence-electron chi connectivity index (χ1n) is 5.10. The van der Waals surface area contributed by atoms with E-state index in [1.54, 1.807) is 38.1 Å². The highest BCUT2D eigenvalue weighted by Gasteiger charge is 2.18. The average Bonchev–Trinajstić information content (AvgIpc) is 2.30. The van der Waals surface area contributed by atoms with E-state index in [-0.39, 0.29) is 11.8 Å². The first-order valence-corrected chi connectivity index (χ1v) is 5.10. The van der Waals surface area contributed by atoms with Gasteiger partial charge in [0.15, 0.2) is 0 Å². The van der Waals surface area contributed by atoms with Crippen molar-refractivity contribution < 1.29 is 9.59 Å². The minimum absolute atomic E-state index is 0.133. The molecule has 0 aliphatic rings. The maximum absolute atomic E-state index is 11.9. The van der Waals surface area contributed by atoms with Gasteiger partial charge >= 0.3 is 0 Å². The molecular weight excluding hydrogens is 190 g/mol. The van der Waals surface area contributed by atoms with Gasteiger partial charge in [-0.1, -0.05) is 25.1 Å². The number of benzene rings is 1. The second-order valence-electron chi connectivity index (χ2n) is 3.16. The summed E-state index contributed by atoms with van der Waals surface area (Å²) in [5.41, 5.74) is 0.557. The predicted molar refractivity (Wildman–Crippen MR) is 58.5 cm³/mol. The molecule has 0 unspecified atom stereocenters. The molecule has 0 saturated heterocycles. The minimum Gasteiger partial charge on any atom is -0.279 e. The topological polar surface area (TPSA) is 37.4 Å². The van der Waals surface area contributed by atoms with Gasteiger partial charge in [0.05, 0.1) is 0 Å². The second kappa shape index (κ2) is 5.29. The summed E-state index contributed by atoms with van der Waals surface area (Å²) in [6.45, 7) is 3.97. The summed E-state index contributed by atoms with van der Waals surface area (Å²) in [6.07, 6.45) is 0.354. The van der Waals surface area contributed by atoms with E-state index in [0.29, 0.717) is 18.5 Å². The Morgan fingerprint density at radius 2 is 1.73 bits per heavy atom. The fourth-order valence-corrected chi connectivity index (χ4v) is 1.36. The van der Waals surface area contributed by atoms with Gasteiger partial charge < -0.3 is 0 Å². The molecule has 0 bridgehead atoms. The van der Waals surface area contributed by atoms with Crippen LogP contribution in [-0.4, -0.2) is 23.3 Å². The van der Waals surface area contributed by atoms with Crippen molar-refractivity contribution in [2.75, 3.05) is 6.54 Å². The van der Waals surface area contributed by atoms with Crippen molar-refractivity contribution in [3.63, 3.8) is 0 Å². The van der Waals surface area contributed by atoms with Crippen LogP contribution in [0.25, 0.3) is 0 Å². The molecule has 1 aromatic carbocycles. The lowest BCUT2D eigenvalue weighted by atomic mass is 10.2. The minimum atomic E-state index is -0.218. The van der Waals surface area contributed by atoms with Crippen LogP contribution in [0.15, 0.2) is 30.3 Å². The lowest BCUT2D eigenvalue weighted by molar-refractivity contribution is -0.128. The highest BCUT2D eigenvalue weighted by atomic mass is 16.2. The number of imide groups is 1. The maximum atomic E-state index is 11.9. The van der Waals surface area contributed by atoms with Crippen LogP contribution in [-0.2, 0) is 4.79 Å². The third kappa shape index (κ3) is 2.65. The molecule has 0 radical (unpaired) electrons. The number of amides is 2. The number of rotatable bonds is 3. The number of nitrogens with zero attached hydrogens (tertiary/aromatic N) is 1. The first kappa shape index (κ1) is 11.4. The van der Waals surface area contributed by atoms with E-state index in [9.17, 15) is 9.59 Å². The van der Waals surface area contributed by atoms with Crippen LogP contribution < -0.4 is 0 Å². The fraction of sp³-hybridized carbons (Fsp3) is 0.333. The zero-order valence-electron chi connectivity index (χ0n) is 9.06. The molecule has 0 spiro atoms. The standard InChI is InChI=1S/C12H15NO2/c1-3-11(14)13(4-2)12(15)10-8-6-5-7-9-10/h5-9H,3-4H2,1-2H3. The highest BCUT2D eigenvalue weighted by Crippen LogP contribution is 2.05. The van der Waals surface area contributed by atoms with Crippen LogP contribution in [0.3, 0.4) is 0 Å².